The van der Waals surface area contributed by atoms with Crippen LogP contribution in [0.4, 0.5) is 5.69 Å². The number of aryl methyl sites for hydroxylation is 1. The van der Waals surface area contributed by atoms with E-state index in [0.29, 0.717) is 5.75 Å². The van der Waals surface area contributed by atoms with E-state index in [1.165, 1.54) is 17.0 Å². The van der Waals surface area contributed by atoms with Gasteiger partial charge in [0.25, 0.3) is 5.91 Å². The zero-order chi connectivity index (χ0) is 20.0. The van der Waals surface area contributed by atoms with Crippen LogP contribution in [-0.2, 0) is 14.6 Å². The maximum absolute atomic E-state index is 12.7. The van der Waals surface area contributed by atoms with Crippen molar-refractivity contribution < 1.29 is 17.9 Å². The fraction of sp³-hybridized carbons (Fsp3) is 0.300. The minimum atomic E-state index is -3.36. The summed E-state index contributed by atoms with van der Waals surface area (Å²) >= 11 is 0. The summed E-state index contributed by atoms with van der Waals surface area (Å²) in [6.07, 6.45) is 1.31. The van der Waals surface area contributed by atoms with E-state index in [-0.39, 0.29) is 30.4 Å². The standard InChI is InChI=1S/C20H22N2O4S/c1-15-7-4-10-19(16(15)2)22(12-6-11-21)20(23)14-26-17-8-5-9-18(13-17)27(3,24)25/h4-5,7-10,13H,6,12,14H2,1-3H3. The fourth-order valence-corrected chi connectivity index (χ4v) is 3.24. The number of carbonyl (C=O) groups is 1. The maximum atomic E-state index is 12.7. The molecule has 142 valence electrons. The Kier molecular flexibility index (Phi) is 6.59. The molecule has 0 heterocycles. The summed E-state index contributed by atoms with van der Waals surface area (Å²) in [5.41, 5.74) is 2.75. The van der Waals surface area contributed by atoms with Gasteiger partial charge in [-0.1, -0.05) is 18.2 Å². The lowest BCUT2D eigenvalue weighted by molar-refractivity contribution is -0.120. The predicted octanol–water partition coefficient (Wildman–Crippen LogP) is 3.03. The summed E-state index contributed by atoms with van der Waals surface area (Å²) in [6, 6.07) is 13.7. The van der Waals surface area contributed by atoms with Crippen LogP contribution in [0.2, 0.25) is 0 Å². The van der Waals surface area contributed by atoms with Gasteiger partial charge in [0.1, 0.15) is 5.75 Å². The van der Waals surface area contributed by atoms with E-state index in [4.69, 9.17) is 10.00 Å². The molecule has 0 saturated carbocycles. The van der Waals surface area contributed by atoms with Crippen LogP contribution in [0.25, 0.3) is 0 Å². The molecule has 7 heteroatoms. The molecule has 0 aromatic heterocycles. The second-order valence-corrected chi connectivity index (χ2v) is 8.22. The number of hydrogen-bond acceptors (Lipinski definition) is 5. The molecule has 0 unspecified atom stereocenters. The Morgan fingerprint density at radius 3 is 2.56 bits per heavy atom. The summed E-state index contributed by atoms with van der Waals surface area (Å²) in [5, 5.41) is 8.91. The zero-order valence-corrected chi connectivity index (χ0v) is 16.4. The van der Waals surface area contributed by atoms with Crippen molar-refractivity contribution in [3.05, 3.63) is 53.6 Å². The molecule has 0 bridgehead atoms. The molecule has 0 radical (unpaired) electrons. The largest absolute Gasteiger partial charge is 0.484 e. The van der Waals surface area contributed by atoms with Gasteiger partial charge in [0.15, 0.2) is 16.4 Å². The lowest BCUT2D eigenvalue weighted by Crippen LogP contribution is -2.36. The van der Waals surface area contributed by atoms with Gasteiger partial charge >= 0.3 is 0 Å². The van der Waals surface area contributed by atoms with Crippen LogP contribution in [-0.4, -0.2) is 33.7 Å². The van der Waals surface area contributed by atoms with E-state index in [0.717, 1.165) is 23.1 Å². The first-order chi connectivity index (χ1) is 12.7. The molecule has 0 saturated heterocycles. The van der Waals surface area contributed by atoms with Gasteiger partial charge < -0.3 is 9.64 Å². The van der Waals surface area contributed by atoms with Crippen molar-refractivity contribution in [2.24, 2.45) is 0 Å². The van der Waals surface area contributed by atoms with Crippen molar-refractivity contribution in [1.82, 2.24) is 0 Å². The highest BCUT2D eigenvalue weighted by atomic mass is 32.2. The Hall–Kier alpha value is -2.85. The number of carbonyl (C=O) groups excluding carboxylic acids is 1. The van der Waals surface area contributed by atoms with Gasteiger partial charge in [-0.3, -0.25) is 4.79 Å². The first-order valence-electron chi connectivity index (χ1n) is 8.40. The van der Waals surface area contributed by atoms with Gasteiger partial charge in [0.2, 0.25) is 0 Å². The molecule has 0 fully saturated rings. The summed E-state index contributed by atoms with van der Waals surface area (Å²) in [7, 11) is -3.36. The van der Waals surface area contributed by atoms with Crippen molar-refractivity contribution in [3.63, 3.8) is 0 Å². The SMILES string of the molecule is Cc1cccc(N(CCC#N)C(=O)COc2cccc(S(C)(=O)=O)c2)c1C. The second kappa shape index (κ2) is 8.69. The molecule has 0 aliphatic rings. The Morgan fingerprint density at radius 2 is 1.89 bits per heavy atom. The summed E-state index contributed by atoms with van der Waals surface area (Å²) in [4.78, 5) is 14.4. The first-order valence-corrected chi connectivity index (χ1v) is 10.3. The highest BCUT2D eigenvalue weighted by Gasteiger charge is 2.19. The molecule has 6 nitrogen and oxygen atoms in total. The molecule has 0 N–H and O–H groups in total. The normalized spacial score (nSPS) is 10.9. The summed E-state index contributed by atoms with van der Waals surface area (Å²) in [6.45, 7) is 3.88. The van der Waals surface area contributed by atoms with Crippen LogP contribution in [0.15, 0.2) is 47.4 Å². The van der Waals surface area contributed by atoms with Crippen LogP contribution in [0.5, 0.6) is 5.75 Å². The third kappa shape index (κ3) is 5.31. The van der Waals surface area contributed by atoms with E-state index in [2.05, 4.69) is 6.07 Å². The molecular formula is C20H22N2O4S. The smallest absolute Gasteiger partial charge is 0.264 e. The number of benzene rings is 2. The lowest BCUT2D eigenvalue weighted by Gasteiger charge is -2.24. The quantitative estimate of drug-likeness (QED) is 0.730. The number of hydrogen-bond donors (Lipinski definition) is 0. The molecule has 1 amide bonds. The van der Waals surface area contributed by atoms with Gasteiger partial charge in [0, 0.05) is 18.5 Å². The number of rotatable bonds is 7. The van der Waals surface area contributed by atoms with Crippen molar-refractivity contribution >= 4 is 21.4 Å². The molecular weight excluding hydrogens is 364 g/mol. The van der Waals surface area contributed by atoms with Crippen LogP contribution in [0.3, 0.4) is 0 Å². The minimum Gasteiger partial charge on any atom is -0.484 e. The number of nitrogens with zero attached hydrogens (tertiary/aromatic N) is 2. The average Bonchev–Trinajstić information content (AvgIpc) is 2.63. The van der Waals surface area contributed by atoms with Gasteiger partial charge in [-0.05, 0) is 49.2 Å². The van der Waals surface area contributed by atoms with E-state index in [9.17, 15) is 13.2 Å². The van der Waals surface area contributed by atoms with Gasteiger partial charge in [-0.2, -0.15) is 5.26 Å². The minimum absolute atomic E-state index is 0.128. The Bertz CT molecular complexity index is 978. The highest BCUT2D eigenvalue weighted by molar-refractivity contribution is 7.90. The number of nitriles is 1. The Morgan fingerprint density at radius 1 is 1.19 bits per heavy atom. The maximum Gasteiger partial charge on any atom is 0.264 e. The molecule has 2 aromatic rings. The first kappa shape index (κ1) is 20.5. The van der Waals surface area contributed by atoms with Crippen molar-refractivity contribution in [3.8, 4) is 11.8 Å². The van der Waals surface area contributed by atoms with E-state index in [1.807, 2.05) is 32.0 Å². The Balaban J connectivity index is 2.20. The lowest BCUT2D eigenvalue weighted by atomic mass is 10.1. The third-order valence-corrected chi connectivity index (χ3v) is 5.32. The molecule has 2 rings (SSSR count). The summed E-state index contributed by atoms with van der Waals surface area (Å²) in [5.74, 6) is -0.00354. The average molecular weight is 386 g/mol. The molecule has 0 aliphatic carbocycles. The molecule has 0 spiro atoms. The van der Waals surface area contributed by atoms with Crippen molar-refractivity contribution in [2.45, 2.75) is 25.2 Å². The van der Waals surface area contributed by atoms with E-state index < -0.39 is 9.84 Å². The van der Waals surface area contributed by atoms with Gasteiger partial charge in [0.05, 0.1) is 17.4 Å². The highest BCUT2D eigenvalue weighted by Crippen LogP contribution is 2.24. The monoisotopic (exact) mass is 386 g/mol. The number of sulfone groups is 1. The van der Waals surface area contributed by atoms with E-state index >= 15 is 0 Å². The molecule has 2 aromatic carbocycles. The van der Waals surface area contributed by atoms with E-state index in [1.54, 1.807) is 12.1 Å². The summed E-state index contributed by atoms with van der Waals surface area (Å²) < 4.78 is 28.8. The van der Waals surface area contributed by atoms with Gasteiger partial charge in [-0.15, -0.1) is 0 Å². The van der Waals surface area contributed by atoms with Crippen molar-refractivity contribution in [1.29, 1.82) is 5.26 Å². The predicted molar refractivity (Wildman–Crippen MR) is 104 cm³/mol. The van der Waals surface area contributed by atoms with Crippen LogP contribution in [0.1, 0.15) is 17.5 Å². The fourth-order valence-electron chi connectivity index (χ4n) is 2.59. The number of ether oxygens (including phenoxy) is 1. The van der Waals surface area contributed by atoms with Crippen LogP contribution >= 0.6 is 0 Å². The topological polar surface area (TPSA) is 87.5 Å². The van der Waals surface area contributed by atoms with Gasteiger partial charge in [-0.25, -0.2) is 8.42 Å². The second-order valence-electron chi connectivity index (χ2n) is 6.21. The zero-order valence-electron chi connectivity index (χ0n) is 15.6. The molecule has 0 atom stereocenters. The van der Waals surface area contributed by atoms with Crippen LogP contribution < -0.4 is 9.64 Å². The Labute approximate surface area is 159 Å². The van der Waals surface area contributed by atoms with Crippen molar-refractivity contribution in [2.75, 3.05) is 24.3 Å². The van der Waals surface area contributed by atoms with Crippen LogP contribution in [0, 0.1) is 25.2 Å². The third-order valence-electron chi connectivity index (χ3n) is 4.21. The number of amides is 1. The number of anilines is 1. The molecule has 0 aliphatic heterocycles. The molecule has 27 heavy (non-hydrogen) atoms.